The van der Waals surface area contributed by atoms with Crippen molar-refractivity contribution in [1.29, 1.82) is 0 Å². The Morgan fingerprint density at radius 2 is 0.901 bits per heavy atom. The van der Waals surface area contributed by atoms with Gasteiger partial charge in [0, 0.05) is 75.6 Å². The minimum atomic E-state index is -1.07. The lowest BCUT2D eigenvalue weighted by Crippen LogP contribution is -2.21. The van der Waals surface area contributed by atoms with Crippen molar-refractivity contribution in [3.05, 3.63) is 242 Å². The molecule has 0 amide bonds. The van der Waals surface area contributed by atoms with Gasteiger partial charge in [-0.2, -0.15) is 0 Å². The van der Waals surface area contributed by atoms with E-state index in [-0.39, 0.29) is 86.7 Å². The highest BCUT2D eigenvalue weighted by atomic mass is 16.5. The minimum Gasteiger partial charge on any atom is -0.508 e. The fourth-order valence-corrected chi connectivity index (χ4v) is 13.8. The summed E-state index contributed by atoms with van der Waals surface area (Å²) in [6, 6.07) is 42.3. The number of aromatic hydroxyl groups is 11. The summed E-state index contributed by atoms with van der Waals surface area (Å²) in [5.41, 5.74) is 6.51. The smallest absolute Gasteiger partial charge is 0.306 e. The van der Waals surface area contributed by atoms with E-state index in [4.69, 9.17) is 14.2 Å². The highest BCUT2D eigenvalue weighted by molar-refractivity contribution is 5.79. The average molecular weight is 1090 g/mol. The molecule has 0 saturated heterocycles. The maximum atomic E-state index is 14.2. The monoisotopic (exact) mass is 1080 g/mol. The Morgan fingerprint density at radius 3 is 1.46 bits per heavy atom. The fraction of sp³-hybridized carbons (Fsp3) is 0.167. The fourth-order valence-electron chi connectivity index (χ4n) is 13.8. The van der Waals surface area contributed by atoms with Gasteiger partial charge in [0.05, 0.1) is 25.4 Å². The van der Waals surface area contributed by atoms with Crippen molar-refractivity contribution in [1.82, 2.24) is 0 Å². The summed E-state index contributed by atoms with van der Waals surface area (Å²) in [4.78, 5) is 13.9. The number of fused-ring (bicyclic) bond motifs is 3. The third-order valence-corrected chi connectivity index (χ3v) is 16.9. The number of ether oxygens (including phenoxy) is 3. The Balaban J connectivity index is 1.22. The Labute approximate surface area is 462 Å². The van der Waals surface area contributed by atoms with Gasteiger partial charge in [-0.15, -0.1) is 0 Å². The molecule has 81 heavy (non-hydrogen) atoms. The molecule has 11 N–H and O–H groups in total. The van der Waals surface area contributed by atoms with E-state index in [1.165, 1.54) is 86.0 Å². The van der Waals surface area contributed by atoms with Crippen LogP contribution in [0.2, 0.25) is 0 Å². The predicted octanol–water partition coefficient (Wildman–Crippen LogP) is 11.8. The third kappa shape index (κ3) is 8.21. The van der Waals surface area contributed by atoms with Crippen LogP contribution in [0.1, 0.15) is 138 Å². The number of carbonyl (C=O) groups is 1. The van der Waals surface area contributed by atoms with Gasteiger partial charge in [0.25, 0.3) is 0 Å². The molecular formula is C66H52O15. The van der Waals surface area contributed by atoms with E-state index in [0.717, 1.165) is 0 Å². The first-order valence-corrected chi connectivity index (χ1v) is 26.3. The zero-order valence-corrected chi connectivity index (χ0v) is 43.0. The standard InChI is InChI=1S/C66H52O15/c1-79-50(77)29-45(30-2-12-36(67)13-3-30)58-63(78)61-56(47-26-44(75)28-49-55(47)53(35-22-41(72)24-42(73)23-35)64(80-49)33-8-18-39(70)19-9-33)52(32-6-16-38(69)17-7-32)59-51(31-4-14-37(68)15-5-31)54-46(25-43(74)27-48(54)76)57-62(60(59)61)66(58)81-65(57)34-10-20-40(71)21-11-34/h2-28,45,51-53,56-57,59,64-65,67-76,78H,29H2,1H3/t45-,51+,52+,53+,56+,57+,59-,64-,65-/m1/s1. The van der Waals surface area contributed by atoms with Gasteiger partial charge in [0.1, 0.15) is 87.0 Å². The number of phenolic OH excluding ortho intramolecular Hbond substituents is 11. The lowest BCUT2D eigenvalue weighted by Gasteiger charge is -2.35. The van der Waals surface area contributed by atoms with Crippen LogP contribution in [-0.4, -0.2) is 69.3 Å². The van der Waals surface area contributed by atoms with Crippen LogP contribution in [0.25, 0.3) is 0 Å². The molecule has 0 fully saturated rings. The second kappa shape index (κ2) is 19.0. The van der Waals surface area contributed by atoms with Gasteiger partial charge < -0.3 is 70.4 Å². The van der Waals surface area contributed by atoms with E-state index in [1.807, 2.05) is 0 Å². The van der Waals surface area contributed by atoms with E-state index in [9.17, 15) is 61.0 Å². The second-order valence-corrected chi connectivity index (χ2v) is 21.4. The zero-order chi connectivity index (χ0) is 56.3. The molecule has 2 aliphatic carbocycles. The molecule has 0 unspecified atom stereocenters. The quantitative estimate of drug-likeness (QED) is 0.0569. The number of hydrogen-bond acceptors (Lipinski definition) is 15. The van der Waals surface area contributed by atoms with Gasteiger partial charge in [-0.25, -0.2) is 0 Å². The minimum absolute atomic E-state index is 0.0107. The lowest BCUT2D eigenvalue weighted by atomic mass is 9.68. The topological polar surface area (TPSA) is 267 Å². The van der Waals surface area contributed by atoms with E-state index < -0.39 is 59.6 Å². The van der Waals surface area contributed by atoms with Gasteiger partial charge in [-0.05, 0) is 135 Å². The van der Waals surface area contributed by atoms with E-state index in [0.29, 0.717) is 72.3 Å². The van der Waals surface area contributed by atoms with E-state index >= 15 is 0 Å². The number of phenols is 11. The molecule has 2 aliphatic heterocycles. The molecule has 13 rings (SSSR count). The summed E-state index contributed by atoms with van der Waals surface area (Å²) in [6.07, 6.45) is -2.28. The van der Waals surface area contributed by atoms with Crippen LogP contribution in [0.3, 0.4) is 0 Å². The molecule has 9 aromatic carbocycles. The number of esters is 1. The molecule has 0 saturated carbocycles. The lowest BCUT2D eigenvalue weighted by molar-refractivity contribution is -0.140. The SMILES string of the molecule is COC(=O)C[C@H](c1ccc(O)cc1)c1c(O)c2c3c4c1O[C@H](c1ccc(O)cc1)[C@H]4c1cc(O)cc(O)c1[C@H](c1ccc(O)cc1)[C@@H]3[C@@H](c1ccc(O)cc1)[C@@H]2c1cc(O)cc2c1[C@H](c1cc(O)cc(O)c1)[C@@H](c1ccc(O)cc1)O2. The summed E-state index contributed by atoms with van der Waals surface area (Å²) in [7, 11) is 1.25. The van der Waals surface area contributed by atoms with Gasteiger partial charge in [-0.3, -0.25) is 4.79 Å². The zero-order valence-electron chi connectivity index (χ0n) is 43.0. The van der Waals surface area contributed by atoms with Crippen LogP contribution in [0.15, 0.2) is 164 Å². The normalized spacial score (nSPS) is 21.2. The Morgan fingerprint density at radius 1 is 0.420 bits per heavy atom. The Kier molecular flexibility index (Phi) is 11.8. The number of hydrogen-bond donors (Lipinski definition) is 11. The number of methoxy groups -OCH3 is 1. The summed E-state index contributed by atoms with van der Waals surface area (Å²) in [5, 5.41) is 127. The van der Waals surface area contributed by atoms with Gasteiger partial charge in [-0.1, -0.05) is 60.7 Å². The molecule has 15 nitrogen and oxygen atoms in total. The molecule has 2 heterocycles. The maximum Gasteiger partial charge on any atom is 0.306 e. The van der Waals surface area contributed by atoms with Crippen LogP contribution in [-0.2, 0) is 9.53 Å². The van der Waals surface area contributed by atoms with Gasteiger partial charge >= 0.3 is 5.97 Å². The first-order valence-electron chi connectivity index (χ1n) is 26.3. The molecule has 15 heteroatoms. The van der Waals surface area contributed by atoms with Crippen LogP contribution < -0.4 is 9.47 Å². The van der Waals surface area contributed by atoms with Crippen LogP contribution >= 0.6 is 0 Å². The molecule has 0 bridgehead atoms. The largest absolute Gasteiger partial charge is 0.508 e. The van der Waals surface area contributed by atoms with Gasteiger partial charge in [0.15, 0.2) is 0 Å². The average Bonchev–Trinajstić information content (AvgIpc) is 1.86. The number of benzene rings is 9. The number of carbonyl (C=O) groups excluding carboxylic acids is 1. The maximum absolute atomic E-state index is 14.2. The third-order valence-electron chi connectivity index (χ3n) is 16.9. The predicted molar refractivity (Wildman–Crippen MR) is 294 cm³/mol. The van der Waals surface area contributed by atoms with Crippen LogP contribution in [0.5, 0.6) is 74.7 Å². The second-order valence-electron chi connectivity index (χ2n) is 21.4. The van der Waals surface area contributed by atoms with Crippen molar-refractivity contribution in [2.45, 2.75) is 60.1 Å². The van der Waals surface area contributed by atoms with Crippen LogP contribution in [0.4, 0.5) is 0 Å². The van der Waals surface area contributed by atoms with Crippen molar-refractivity contribution in [2.75, 3.05) is 7.11 Å². The number of rotatable bonds is 10. The Hall–Kier alpha value is -10.2. The van der Waals surface area contributed by atoms with Crippen molar-refractivity contribution in [3.8, 4) is 74.7 Å². The Bertz CT molecular complexity index is 3950. The van der Waals surface area contributed by atoms with Gasteiger partial charge in [0.2, 0.25) is 0 Å². The highest BCUT2D eigenvalue weighted by Gasteiger charge is 2.59. The molecule has 406 valence electrons. The molecule has 9 aromatic rings. The molecule has 0 aromatic heterocycles. The molecule has 0 spiro atoms. The van der Waals surface area contributed by atoms with Crippen molar-refractivity contribution in [2.24, 2.45) is 0 Å². The van der Waals surface area contributed by atoms with Crippen molar-refractivity contribution >= 4 is 5.97 Å². The summed E-state index contributed by atoms with van der Waals surface area (Å²) in [6.45, 7) is 0. The highest BCUT2D eigenvalue weighted by Crippen LogP contribution is 2.73. The van der Waals surface area contributed by atoms with E-state index in [1.54, 1.807) is 84.9 Å². The van der Waals surface area contributed by atoms with E-state index in [2.05, 4.69) is 0 Å². The molecular weight excluding hydrogens is 1030 g/mol. The molecule has 4 aliphatic rings. The molecule has 0 radical (unpaired) electrons. The van der Waals surface area contributed by atoms with Crippen LogP contribution in [0, 0.1) is 0 Å². The first kappa shape index (κ1) is 50.4. The summed E-state index contributed by atoms with van der Waals surface area (Å²) < 4.78 is 19.6. The van der Waals surface area contributed by atoms with Crippen molar-refractivity contribution in [3.63, 3.8) is 0 Å². The summed E-state index contributed by atoms with van der Waals surface area (Å²) >= 11 is 0. The molecule has 9 atom stereocenters. The summed E-state index contributed by atoms with van der Waals surface area (Å²) in [5.74, 6) is -8.67. The van der Waals surface area contributed by atoms with Crippen molar-refractivity contribution < 1.29 is 75.2 Å². The first-order chi connectivity index (χ1) is 39.0.